The Bertz CT molecular complexity index is 966. The molecule has 0 unspecified atom stereocenters. The molecule has 0 bridgehead atoms. The van der Waals surface area contributed by atoms with Crippen molar-refractivity contribution in [3.63, 3.8) is 0 Å². The second-order valence-corrected chi connectivity index (χ2v) is 9.35. The number of fused-ring (bicyclic) bond motifs is 1. The smallest absolute Gasteiger partial charge is 0.410 e. The summed E-state index contributed by atoms with van der Waals surface area (Å²) in [4.78, 5) is 19.9. The van der Waals surface area contributed by atoms with Crippen LogP contribution in [0.1, 0.15) is 31.2 Å². The molecule has 3 rings (SSSR count). The predicted molar refractivity (Wildman–Crippen MR) is 110 cm³/mol. The molecule has 3 heterocycles. The van der Waals surface area contributed by atoms with Crippen molar-refractivity contribution in [2.45, 2.75) is 39.3 Å². The summed E-state index contributed by atoms with van der Waals surface area (Å²) in [6.07, 6.45) is 4.01. The van der Waals surface area contributed by atoms with Crippen LogP contribution in [0.4, 0.5) is 9.80 Å². The molecule has 26 heavy (non-hydrogen) atoms. The number of allylic oxidation sites excluding steroid dienone is 1. The summed E-state index contributed by atoms with van der Waals surface area (Å²) in [6.45, 7) is 14.5. The SMILES string of the molecule is C=C/C=c1/nc(-c2c(N)sc3c2CCN(C(=O)OC(C)(C)C)C3)sc1=C. The topological polar surface area (TPSA) is 68.5 Å². The van der Waals surface area contributed by atoms with Crippen LogP contribution in [-0.4, -0.2) is 28.1 Å². The summed E-state index contributed by atoms with van der Waals surface area (Å²) < 4.78 is 6.38. The van der Waals surface area contributed by atoms with Gasteiger partial charge >= 0.3 is 6.09 Å². The monoisotopic (exact) mass is 389 g/mol. The minimum Gasteiger partial charge on any atom is -0.444 e. The third kappa shape index (κ3) is 3.68. The van der Waals surface area contributed by atoms with Gasteiger partial charge in [0.15, 0.2) is 0 Å². The van der Waals surface area contributed by atoms with E-state index < -0.39 is 5.60 Å². The van der Waals surface area contributed by atoms with Gasteiger partial charge in [-0.05, 0) is 38.8 Å². The first kappa shape index (κ1) is 18.7. The van der Waals surface area contributed by atoms with Gasteiger partial charge < -0.3 is 15.4 Å². The van der Waals surface area contributed by atoms with Crippen LogP contribution in [0.5, 0.6) is 0 Å². The van der Waals surface area contributed by atoms with Crippen molar-refractivity contribution in [3.05, 3.63) is 33.0 Å². The minimum atomic E-state index is -0.500. The molecule has 7 heteroatoms. The van der Waals surface area contributed by atoms with E-state index in [1.165, 1.54) is 28.2 Å². The predicted octanol–water partition coefficient (Wildman–Crippen LogP) is 3.12. The summed E-state index contributed by atoms with van der Waals surface area (Å²) in [6, 6.07) is 0. The van der Waals surface area contributed by atoms with Gasteiger partial charge in [-0.25, -0.2) is 9.78 Å². The second kappa shape index (κ2) is 6.89. The van der Waals surface area contributed by atoms with Crippen LogP contribution in [0.25, 0.3) is 23.2 Å². The normalized spacial score (nSPS) is 15.0. The number of thiazole rings is 1. The molecule has 1 aliphatic rings. The zero-order valence-corrected chi connectivity index (χ0v) is 16.9. The maximum atomic E-state index is 12.4. The van der Waals surface area contributed by atoms with Crippen molar-refractivity contribution in [1.29, 1.82) is 0 Å². The Hall–Kier alpha value is -2.12. The lowest BCUT2D eigenvalue weighted by Crippen LogP contribution is -2.39. The first-order chi connectivity index (χ1) is 12.2. The molecule has 0 spiro atoms. The van der Waals surface area contributed by atoms with E-state index in [1.807, 2.05) is 26.8 Å². The molecule has 2 aromatic rings. The lowest BCUT2D eigenvalue weighted by Gasteiger charge is -2.30. The maximum absolute atomic E-state index is 12.4. The van der Waals surface area contributed by atoms with Crippen molar-refractivity contribution in [1.82, 2.24) is 9.88 Å². The highest BCUT2D eigenvalue weighted by Gasteiger charge is 2.30. The quantitative estimate of drug-likeness (QED) is 0.857. The molecular formula is C19H23N3O2S2. The molecule has 0 radical (unpaired) electrons. The molecule has 0 aromatic carbocycles. The average molecular weight is 390 g/mol. The Labute approximate surface area is 161 Å². The molecule has 0 fully saturated rings. The van der Waals surface area contributed by atoms with Gasteiger partial charge in [0.1, 0.15) is 10.6 Å². The number of carbonyl (C=O) groups excluding carboxylic acids is 1. The van der Waals surface area contributed by atoms with Gasteiger partial charge in [-0.2, -0.15) is 0 Å². The molecule has 1 aliphatic heterocycles. The number of rotatable bonds is 2. The fourth-order valence-corrected chi connectivity index (χ4v) is 4.98. The molecule has 0 saturated carbocycles. The molecular weight excluding hydrogens is 366 g/mol. The molecule has 138 valence electrons. The largest absolute Gasteiger partial charge is 0.444 e. The van der Waals surface area contributed by atoms with Crippen molar-refractivity contribution in [2.75, 3.05) is 12.3 Å². The number of nitrogen functional groups attached to an aromatic ring is 1. The Morgan fingerprint density at radius 2 is 2.12 bits per heavy atom. The van der Waals surface area contributed by atoms with Crippen LogP contribution in [0.15, 0.2) is 12.7 Å². The van der Waals surface area contributed by atoms with Crippen molar-refractivity contribution in [3.8, 4) is 10.6 Å². The van der Waals surface area contributed by atoms with Crippen LogP contribution in [0, 0.1) is 0 Å². The van der Waals surface area contributed by atoms with Gasteiger partial charge in [-0.15, -0.1) is 22.7 Å². The standard InChI is InChI=1S/C19H23N3O2S2/c1-6-7-13-11(2)25-17(21-13)15-12-8-9-22(10-14(12)26-16(15)20)18(23)24-19(3,4)5/h6-7H,1-2,8-10,20H2,3-5H3/b13-7+. The number of aromatic nitrogens is 1. The van der Waals surface area contributed by atoms with Gasteiger partial charge in [-0.3, -0.25) is 0 Å². The highest BCUT2D eigenvalue weighted by atomic mass is 32.1. The molecule has 1 amide bonds. The van der Waals surface area contributed by atoms with E-state index in [0.29, 0.717) is 13.1 Å². The summed E-state index contributed by atoms with van der Waals surface area (Å²) in [5.74, 6) is 0. The van der Waals surface area contributed by atoms with Gasteiger partial charge in [0.2, 0.25) is 0 Å². The number of nitrogens with zero attached hydrogens (tertiary/aromatic N) is 2. The highest BCUT2D eigenvalue weighted by Crippen LogP contribution is 2.41. The minimum absolute atomic E-state index is 0.283. The van der Waals surface area contributed by atoms with Crippen LogP contribution in [0.2, 0.25) is 0 Å². The number of hydrogen-bond donors (Lipinski definition) is 1. The lowest BCUT2D eigenvalue weighted by molar-refractivity contribution is 0.0227. The summed E-state index contributed by atoms with van der Waals surface area (Å²) in [5, 5.41) is 2.44. The van der Waals surface area contributed by atoms with Crippen LogP contribution in [0.3, 0.4) is 0 Å². The summed E-state index contributed by atoms with van der Waals surface area (Å²) >= 11 is 3.06. The van der Waals surface area contributed by atoms with Crippen molar-refractivity contribution < 1.29 is 9.53 Å². The summed E-state index contributed by atoms with van der Waals surface area (Å²) in [5.41, 5.74) is 7.99. The zero-order valence-electron chi connectivity index (χ0n) is 15.3. The zero-order chi connectivity index (χ0) is 19.1. The molecule has 0 saturated heterocycles. The molecule has 0 atom stereocenters. The van der Waals surface area contributed by atoms with Gasteiger partial charge in [0.05, 0.1) is 16.9 Å². The van der Waals surface area contributed by atoms with Gasteiger partial charge in [0.25, 0.3) is 0 Å². The fraction of sp³-hybridized carbons (Fsp3) is 0.368. The lowest BCUT2D eigenvalue weighted by atomic mass is 10.0. The Morgan fingerprint density at radius 1 is 1.38 bits per heavy atom. The number of ether oxygens (including phenoxy) is 1. The molecule has 2 N–H and O–H groups in total. The first-order valence-corrected chi connectivity index (χ1v) is 9.99. The second-order valence-electron chi connectivity index (χ2n) is 7.12. The first-order valence-electron chi connectivity index (χ1n) is 8.36. The Kier molecular flexibility index (Phi) is 4.94. The van der Waals surface area contributed by atoms with Crippen LogP contribution >= 0.6 is 22.7 Å². The molecule has 0 aliphatic carbocycles. The number of anilines is 1. The fourth-order valence-electron chi connectivity index (χ4n) is 2.85. The third-order valence-corrected chi connectivity index (χ3v) is 5.94. The van der Waals surface area contributed by atoms with Gasteiger partial charge in [-0.1, -0.05) is 19.2 Å². The van der Waals surface area contributed by atoms with Crippen LogP contribution in [-0.2, 0) is 17.7 Å². The number of amides is 1. The van der Waals surface area contributed by atoms with E-state index in [4.69, 9.17) is 10.5 Å². The Balaban J connectivity index is 1.92. The number of hydrogen-bond acceptors (Lipinski definition) is 6. The van der Waals surface area contributed by atoms with Crippen LogP contribution < -0.4 is 15.6 Å². The molecule has 5 nitrogen and oxygen atoms in total. The highest BCUT2D eigenvalue weighted by molar-refractivity contribution is 7.18. The number of nitrogens with two attached hydrogens (primary N) is 1. The van der Waals surface area contributed by atoms with E-state index in [0.717, 1.165) is 36.8 Å². The van der Waals surface area contributed by atoms with E-state index in [9.17, 15) is 4.79 Å². The van der Waals surface area contributed by atoms with E-state index in [2.05, 4.69) is 18.1 Å². The number of carbonyl (C=O) groups is 1. The summed E-state index contributed by atoms with van der Waals surface area (Å²) in [7, 11) is 0. The average Bonchev–Trinajstić information content (AvgIpc) is 3.04. The third-order valence-electron chi connectivity index (χ3n) is 3.95. The van der Waals surface area contributed by atoms with Crippen molar-refractivity contribution >= 4 is 46.4 Å². The maximum Gasteiger partial charge on any atom is 0.410 e. The van der Waals surface area contributed by atoms with Gasteiger partial charge in [0, 0.05) is 21.5 Å². The Morgan fingerprint density at radius 3 is 2.77 bits per heavy atom. The number of thiophene rings is 1. The molecule has 2 aromatic heterocycles. The van der Waals surface area contributed by atoms with E-state index in [-0.39, 0.29) is 6.09 Å². The van der Waals surface area contributed by atoms with E-state index in [1.54, 1.807) is 11.0 Å². The van der Waals surface area contributed by atoms with E-state index >= 15 is 0 Å². The van der Waals surface area contributed by atoms with Crippen molar-refractivity contribution in [2.24, 2.45) is 0 Å².